The number of aryl methyl sites for hydroxylation is 2. The molecule has 194 valence electrons. The minimum Gasteiger partial charge on any atom is -0.342 e. The van der Waals surface area contributed by atoms with Crippen LogP contribution in [0.1, 0.15) is 35.4 Å². The molecule has 0 atom stereocenters. The number of nitrogens with zero attached hydrogens (tertiary/aromatic N) is 4. The van der Waals surface area contributed by atoms with Gasteiger partial charge in [-0.2, -0.15) is 18.2 Å². The molecule has 1 fully saturated rings. The number of piperidine rings is 1. The lowest BCUT2D eigenvalue weighted by Crippen LogP contribution is -2.43. The first-order valence-corrected chi connectivity index (χ1v) is 12.5. The standard InChI is InChI=1S/C27H29F3N6S/c1-18-16-19(2)32-24(31-18)34-25(35-26(37)33-23-10-8-22(9-11-23)27(28,29)30)36-14-12-21(13-15-36)17-20-6-4-3-5-7-20/h3-11,16,21H,12-15,17H2,1-2H3,(H2,31,32,33,34,35,37). The lowest BCUT2D eigenvalue weighted by Gasteiger charge is -2.34. The van der Waals surface area contributed by atoms with Crippen molar-refractivity contribution in [2.75, 3.05) is 23.7 Å². The van der Waals surface area contributed by atoms with E-state index in [1.165, 1.54) is 17.7 Å². The van der Waals surface area contributed by atoms with Crippen molar-refractivity contribution in [1.29, 1.82) is 0 Å². The lowest BCUT2D eigenvalue weighted by molar-refractivity contribution is -0.137. The maximum atomic E-state index is 12.9. The van der Waals surface area contributed by atoms with Crippen LogP contribution in [0.25, 0.3) is 0 Å². The van der Waals surface area contributed by atoms with Crippen molar-refractivity contribution in [3.63, 3.8) is 0 Å². The average molecular weight is 527 g/mol. The Morgan fingerprint density at radius 3 is 2.19 bits per heavy atom. The largest absolute Gasteiger partial charge is 0.416 e. The van der Waals surface area contributed by atoms with Gasteiger partial charge in [0.2, 0.25) is 17.0 Å². The molecule has 37 heavy (non-hydrogen) atoms. The first-order chi connectivity index (χ1) is 17.7. The molecular formula is C27H29F3N6S. The summed E-state index contributed by atoms with van der Waals surface area (Å²) in [4.78, 5) is 15.6. The summed E-state index contributed by atoms with van der Waals surface area (Å²) in [6.45, 7) is 5.33. The number of hydrogen-bond donors (Lipinski definition) is 2. The molecule has 4 rings (SSSR count). The highest BCUT2D eigenvalue weighted by atomic mass is 32.1. The Kier molecular flexibility index (Phi) is 8.38. The number of aliphatic imine (C=N–C) groups is 1. The summed E-state index contributed by atoms with van der Waals surface area (Å²) in [5.41, 5.74) is 2.67. The molecule has 2 heterocycles. The van der Waals surface area contributed by atoms with Gasteiger partial charge in [0.1, 0.15) is 0 Å². The van der Waals surface area contributed by atoms with Crippen LogP contribution in [-0.4, -0.2) is 39.0 Å². The number of guanidine groups is 1. The summed E-state index contributed by atoms with van der Waals surface area (Å²) >= 11 is 5.44. The van der Waals surface area contributed by atoms with E-state index in [1.807, 2.05) is 26.0 Å². The predicted octanol–water partition coefficient (Wildman–Crippen LogP) is 6.23. The van der Waals surface area contributed by atoms with Crippen molar-refractivity contribution in [3.05, 3.63) is 83.2 Å². The molecule has 10 heteroatoms. The molecular weight excluding hydrogens is 497 g/mol. The topological polar surface area (TPSA) is 65.4 Å². The first kappa shape index (κ1) is 26.5. The van der Waals surface area contributed by atoms with E-state index in [1.54, 1.807) is 0 Å². The molecule has 0 unspecified atom stereocenters. The van der Waals surface area contributed by atoms with Gasteiger partial charge in [-0.05, 0) is 87.1 Å². The van der Waals surface area contributed by atoms with Crippen LogP contribution >= 0.6 is 12.2 Å². The Balaban J connectivity index is 1.48. The van der Waals surface area contributed by atoms with E-state index in [0.717, 1.165) is 55.9 Å². The number of thiocarbonyl (C=S) groups is 1. The van der Waals surface area contributed by atoms with Crippen molar-refractivity contribution in [3.8, 4) is 0 Å². The first-order valence-electron chi connectivity index (χ1n) is 12.1. The molecule has 2 N–H and O–H groups in total. The summed E-state index contributed by atoms with van der Waals surface area (Å²) < 4.78 is 38.6. The third-order valence-electron chi connectivity index (χ3n) is 6.16. The minimum absolute atomic E-state index is 0.123. The fourth-order valence-electron chi connectivity index (χ4n) is 4.35. The van der Waals surface area contributed by atoms with Crippen LogP contribution in [0.4, 0.5) is 24.8 Å². The molecule has 0 radical (unpaired) electrons. The van der Waals surface area contributed by atoms with Crippen LogP contribution in [0, 0.1) is 19.8 Å². The summed E-state index contributed by atoms with van der Waals surface area (Å²) in [5, 5.41) is 6.25. The Bertz CT molecular complexity index is 1220. The number of rotatable bonds is 4. The van der Waals surface area contributed by atoms with Gasteiger partial charge >= 0.3 is 6.18 Å². The number of nitrogens with one attached hydrogen (secondary N) is 2. The van der Waals surface area contributed by atoms with Crippen LogP contribution in [0.2, 0.25) is 0 Å². The lowest BCUT2D eigenvalue weighted by atomic mass is 9.90. The third kappa shape index (κ3) is 7.72. The molecule has 1 aromatic heterocycles. The van der Waals surface area contributed by atoms with E-state index in [4.69, 9.17) is 12.2 Å². The van der Waals surface area contributed by atoms with Gasteiger partial charge in [0.05, 0.1) is 5.56 Å². The molecule has 1 aliphatic heterocycles. The summed E-state index contributed by atoms with van der Waals surface area (Å²) in [6.07, 6.45) is -1.39. The zero-order valence-corrected chi connectivity index (χ0v) is 21.5. The normalized spacial score (nSPS) is 14.9. The fraction of sp³-hybridized carbons (Fsp3) is 0.333. The number of likely N-dealkylation sites (tertiary alicyclic amines) is 1. The Hall–Kier alpha value is -3.53. The molecule has 0 aliphatic carbocycles. The van der Waals surface area contributed by atoms with Crippen molar-refractivity contribution < 1.29 is 13.2 Å². The van der Waals surface area contributed by atoms with Crippen molar-refractivity contribution in [2.45, 2.75) is 39.3 Å². The molecule has 3 aromatic rings. The van der Waals surface area contributed by atoms with E-state index in [2.05, 4.69) is 54.8 Å². The Morgan fingerprint density at radius 2 is 1.59 bits per heavy atom. The van der Waals surface area contributed by atoms with Gasteiger partial charge in [-0.3, -0.25) is 5.32 Å². The number of halogens is 3. The zero-order chi connectivity index (χ0) is 26.4. The molecule has 6 nitrogen and oxygen atoms in total. The van der Waals surface area contributed by atoms with Gasteiger partial charge in [0.15, 0.2) is 0 Å². The van der Waals surface area contributed by atoms with Gasteiger partial charge in [0, 0.05) is 30.2 Å². The summed E-state index contributed by atoms with van der Waals surface area (Å²) in [5.74, 6) is 1.49. The number of aromatic nitrogens is 2. The fourth-order valence-corrected chi connectivity index (χ4v) is 4.55. The van der Waals surface area contributed by atoms with Gasteiger partial charge < -0.3 is 10.2 Å². The van der Waals surface area contributed by atoms with E-state index < -0.39 is 11.7 Å². The van der Waals surface area contributed by atoms with E-state index in [-0.39, 0.29) is 5.11 Å². The summed E-state index contributed by atoms with van der Waals surface area (Å²) in [6, 6.07) is 17.0. The minimum atomic E-state index is -4.40. The van der Waals surface area contributed by atoms with Gasteiger partial charge in [-0.25, -0.2) is 9.97 Å². The second-order valence-electron chi connectivity index (χ2n) is 9.16. The molecule has 0 saturated carbocycles. The molecule has 1 aliphatic rings. The Morgan fingerprint density at radius 1 is 0.973 bits per heavy atom. The highest BCUT2D eigenvalue weighted by Crippen LogP contribution is 2.30. The second-order valence-corrected chi connectivity index (χ2v) is 9.55. The molecule has 1 saturated heterocycles. The van der Waals surface area contributed by atoms with Crippen molar-refractivity contribution >= 4 is 34.9 Å². The maximum Gasteiger partial charge on any atom is 0.416 e. The molecule has 2 aromatic carbocycles. The quantitative estimate of drug-likeness (QED) is 0.239. The third-order valence-corrected chi connectivity index (χ3v) is 6.35. The van der Waals surface area contributed by atoms with Crippen molar-refractivity contribution in [1.82, 2.24) is 14.9 Å². The van der Waals surface area contributed by atoms with E-state index >= 15 is 0 Å². The highest BCUT2D eigenvalue weighted by molar-refractivity contribution is 7.80. The van der Waals surface area contributed by atoms with Gasteiger partial charge in [-0.1, -0.05) is 30.3 Å². The Labute approximate surface area is 220 Å². The van der Waals surface area contributed by atoms with Crippen LogP contribution in [0.3, 0.4) is 0 Å². The number of alkyl halides is 3. The van der Waals surface area contributed by atoms with Crippen LogP contribution in [-0.2, 0) is 12.6 Å². The van der Waals surface area contributed by atoms with E-state index in [9.17, 15) is 13.2 Å². The molecule has 0 spiro atoms. The smallest absolute Gasteiger partial charge is 0.342 e. The zero-order valence-electron chi connectivity index (χ0n) is 20.7. The van der Waals surface area contributed by atoms with Gasteiger partial charge in [0.25, 0.3) is 0 Å². The predicted molar refractivity (Wildman–Crippen MR) is 145 cm³/mol. The second kappa shape index (κ2) is 11.7. The number of anilines is 2. The number of hydrogen-bond acceptors (Lipinski definition) is 3. The van der Waals surface area contributed by atoms with E-state index in [0.29, 0.717) is 23.5 Å². The average Bonchev–Trinajstić information content (AvgIpc) is 2.84. The van der Waals surface area contributed by atoms with Crippen molar-refractivity contribution in [2.24, 2.45) is 10.9 Å². The van der Waals surface area contributed by atoms with Crippen LogP contribution in [0.5, 0.6) is 0 Å². The monoisotopic (exact) mass is 526 g/mol. The SMILES string of the molecule is Cc1cc(C)nc(N/C(=N/C(=S)Nc2ccc(C(F)(F)F)cc2)N2CCC(Cc3ccccc3)CC2)n1. The maximum absolute atomic E-state index is 12.9. The number of benzene rings is 2. The van der Waals surface area contributed by atoms with Crippen LogP contribution < -0.4 is 10.6 Å². The highest BCUT2D eigenvalue weighted by Gasteiger charge is 2.30. The van der Waals surface area contributed by atoms with Crippen LogP contribution in [0.15, 0.2) is 65.7 Å². The molecule has 0 amide bonds. The molecule has 0 bridgehead atoms. The summed E-state index contributed by atoms with van der Waals surface area (Å²) in [7, 11) is 0. The van der Waals surface area contributed by atoms with Gasteiger partial charge in [-0.15, -0.1) is 0 Å².